The maximum atomic E-state index is 5.32. The lowest BCUT2D eigenvalue weighted by Gasteiger charge is -2.13. The molecule has 1 heterocycles. The van der Waals surface area contributed by atoms with E-state index in [1.54, 1.807) is 14.2 Å². The minimum absolute atomic E-state index is 0.184. The van der Waals surface area contributed by atoms with E-state index in [1.807, 2.05) is 0 Å². The molecule has 0 N–H and O–H groups in total. The fourth-order valence-corrected chi connectivity index (χ4v) is 3.00. The maximum Gasteiger partial charge on any atom is 0.231 e. The van der Waals surface area contributed by atoms with E-state index in [4.69, 9.17) is 18.9 Å². The number of rotatable bonds is 2. The van der Waals surface area contributed by atoms with Gasteiger partial charge in [-0.05, 0) is 31.9 Å². The molecule has 1 aromatic rings. The Morgan fingerprint density at radius 1 is 0.933 bits per heavy atom. The molecule has 0 saturated heterocycles. The molecule has 4 nitrogen and oxygen atoms in total. The van der Waals surface area contributed by atoms with Gasteiger partial charge < -0.3 is 18.9 Å². The van der Waals surface area contributed by atoms with E-state index in [-0.39, 0.29) is 6.79 Å². The van der Waals surface area contributed by atoms with Crippen molar-refractivity contribution in [3.8, 4) is 23.0 Å². The van der Waals surface area contributed by atoms with Crippen LogP contribution in [0.3, 0.4) is 0 Å². The van der Waals surface area contributed by atoms with Gasteiger partial charge in [0.1, 0.15) is 8.95 Å². The van der Waals surface area contributed by atoms with Crippen LogP contribution in [0, 0.1) is 0 Å². The molecular formula is C9H8Br2O4. The van der Waals surface area contributed by atoms with Gasteiger partial charge in [0, 0.05) is 0 Å². The molecule has 0 amide bonds. The summed E-state index contributed by atoms with van der Waals surface area (Å²) in [6.07, 6.45) is 0. The van der Waals surface area contributed by atoms with E-state index in [1.165, 1.54) is 0 Å². The van der Waals surface area contributed by atoms with Crippen LogP contribution < -0.4 is 18.9 Å². The summed E-state index contributed by atoms with van der Waals surface area (Å²) in [6, 6.07) is 0. The van der Waals surface area contributed by atoms with Gasteiger partial charge in [-0.25, -0.2) is 0 Å². The third-order valence-corrected chi connectivity index (χ3v) is 3.47. The molecule has 0 atom stereocenters. The first-order chi connectivity index (χ1) is 7.20. The van der Waals surface area contributed by atoms with Crippen molar-refractivity contribution in [2.45, 2.75) is 0 Å². The van der Waals surface area contributed by atoms with Gasteiger partial charge in [0.05, 0.1) is 14.2 Å². The zero-order valence-electron chi connectivity index (χ0n) is 8.10. The maximum absolute atomic E-state index is 5.32. The highest BCUT2D eigenvalue weighted by molar-refractivity contribution is 9.11. The minimum Gasteiger partial charge on any atom is -0.494 e. The van der Waals surface area contributed by atoms with Crippen molar-refractivity contribution in [2.24, 2.45) is 0 Å². The molecule has 0 aliphatic carbocycles. The fraction of sp³-hybridized carbons (Fsp3) is 0.333. The highest BCUT2D eigenvalue weighted by atomic mass is 79.9. The fourth-order valence-electron chi connectivity index (χ4n) is 1.37. The Labute approximate surface area is 104 Å². The van der Waals surface area contributed by atoms with Gasteiger partial charge in [0.2, 0.25) is 12.5 Å². The number of fused-ring (bicyclic) bond motifs is 1. The lowest BCUT2D eigenvalue weighted by atomic mass is 10.2. The number of halogens is 2. The van der Waals surface area contributed by atoms with Crippen molar-refractivity contribution in [3.63, 3.8) is 0 Å². The molecule has 82 valence electrons. The van der Waals surface area contributed by atoms with Crippen LogP contribution >= 0.6 is 31.9 Å². The molecule has 6 heteroatoms. The van der Waals surface area contributed by atoms with Crippen LogP contribution in [0.4, 0.5) is 0 Å². The standard InChI is InChI=1S/C9H8Br2O4/c1-12-6-4(10)7(13-2)9-8(5(6)11)14-3-15-9/h3H2,1-2H3. The predicted octanol–water partition coefficient (Wildman–Crippen LogP) is 2.96. The highest BCUT2D eigenvalue weighted by Gasteiger charge is 2.29. The Balaban J connectivity index is 2.72. The lowest BCUT2D eigenvalue weighted by Crippen LogP contribution is -1.94. The van der Waals surface area contributed by atoms with Gasteiger partial charge in [0.15, 0.2) is 17.2 Å². The highest BCUT2D eigenvalue weighted by Crippen LogP contribution is 2.55. The van der Waals surface area contributed by atoms with Crippen LogP contribution in [-0.2, 0) is 0 Å². The van der Waals surface area contributed by atoms with Gasteiger partial charge >= 0.3 is 0 Å². The SMILES string of the molecule is COc1c(Br)c(OC)c2c(c1Br)OCO2. The van der Waals surface area contributed by atoms with Crippen LogP contribution in [0.1, 0.15) is 0 Å². The van der Waals surface area contributed by atoms with Crippen molar-refractivity contribution in [1.82, 2.24) is 0 Å². The summed E-state index contributed by atoms with van der Waals surface area (Å²) in [7, 11) is 3.14. The average molecular weight is 340 g/mol. The number of ether oxygens (including phenoxy) is 4. The summed E-state index contributed by atoms with van der Waals surface area (Å²) in [5.74, 6) is 2.38. The van der Waals surface area contributed by atoms with Crippen molar-refractivity contribution < 1.29 is 18.9 Å². The molecular weight excluding hydrogens is 332 g/mol. The second-order valence-corrected chi connectivity index (χ2v) is 4.35. The Morgan fingerprint density at radius 3 is 2.13 bits per heavy atom. The zero-order chi connectivity index (χ0) is 11.0. The molecule has 0 fully saturated rings. The van der Waals surface area contributed by atoms with E-state index in [2.05, 4.69) is 31.9 Å². The molecule has 0 bridgehead atoms. The van der Waals surface area contributed by atoms with Gasteiger partial charge in [-0.2, -0.15) is 0 Å². The van der Waals surface area contributed by atoms with Gasteiger partial charge in [-0.3, -0.25) is 0 Å². The van der Waals surface area contributed by atoms with Crippen molar-refractivity contribution in [2.75, 3.05) is 21.0 Å². The quantitative estimate of drug-likeness (QED) is 0.830. The molecule has 1 aliphatic heterocycles. The predicted molar refractivity (Wildman–Crippen MR) is 61.1 cm³/mol. The Kier molecular flexibility index (Phi) is 2.97. The number of hydrogen-bond acceptors (Lipinski definition) is 4. The first kappa shape index (κ1) is 10.9. The normalized spacial score (nSPS) is 12.8. The van der Waals surface area contributed by atoms with Crippen molar-refractivity contribution in [1.29, 1.82) is 0 Å². The van der Waals surface area contributed by atoms with E-state index >= 15 is 0 Å². The number of hydrogen-bond donors (Lipinski definition) is 0. The molecule has 0 radical (unpaired) electrons. The minimum atomic E-state index is 0.184. The average Bonchev–Trinajstić information content (AvgIpc) is 2.68. The van der Waals surface area contributed by atoms with Crippen LogP contribution in [0.15, 0.2) is 8.95 Å². The first-order valence-corrected chi connectivity index (χ1v) is 5.67. The lowest BCUT2D eigenvalue weighted by molar-refractivity contribution is 0.170. The third kappa shape index (κ3) is 1.56. The second kappa shape index (κ2) is 4.09. The Morgan fingerprint density at radius 2 is 1.53 bits per heavy atom. The zero-order valence-corrected chi connectivity index (χ0v) is 11.3. The van der Waals surface area contributed by atoms with Crippen LogP contribution in [0.5, 0.6) is 23.0 Å². The summed E-state index contributed by atoms with van der Waals surface area (Å²) in [5.41, 5.74) is 0. The van der Waals surface area contributed by atoms with Crippen LogP contribution in [0.25, 0.3) is 0 Å². The van der Waals surface area contributed by atoms with E-state index < -0.39 is 0 Å². The topological polar surface area (TPSA) is 36.9 Å². The molecule has 2 rings (SSSR count). The number of methoxy groups -OCH3 is 2. The summed E-state index contributed by atoms with van der Waals surface area (Å²) < 4.78 is 22.5. The van der Waals surface area contributed by atoms with Gasteiger partial charge in [-0.1, -0.05) is 0 Å². The van der Waals surface area contributed by atoms with Gasteiger partial charge in [0.25, 0.3) is 0 Å². The third-order valence-electron chi connectivity index (χ3n) is 2.02. The monoisotopic (exact) mass is 338 g/mol. The molecule has 0 unspecified atom stereocenters. The van der Waals surface area contributed by atoms with E-state index in [9.17, 15) is 0 Å². The summed E-state index contributed by atoms with van der Waals surface area (Å²) in [6.45, 7) is 0.184. The molecule has 1 aliphatic rings. The molecule has 0 aromatic heterocycles. The number of benzene rings is 1. The van der Waals surface area contributed by atoms with Crippen molar-refractivity contribution in [3.05, 3.63) is 8.95 Å². The summed E-state index contributed by atoms with van der Waals surface area (Å²) in [5, 5.41) is 0. The first-order valence-electron chi connectivity index (χ1n) is 4.09. The molecule has 0 saturated carbocycles. The summed E-state index contributed by atoms with van der Waals surface area (Å²) in [4.78, 5) is 0. The molecule has 0 spiro atoms. The smallest absolute Gasteiger partial charge is 0.231 e. The molecule has 1 aromatic carbocycles. The van der Waals surface area contributed by atoms with E-state index in [0.29, 0.717) is 31.9 Å². The largest absolute Gasteiger partial charge is 0.494 e. The Bertz CT molecular complexity index is 402. The second-order valence-electron chi connectivity index (χ2n) is 2.76. The molecule has 15 heavy (non-hydrogen) atoms. The van der Waals surface area contributed by atoms with Crippen LogP contribution in [0.2, 0.25) is 0 Å². The summed E-state index contributed by atoms with van der Waals surface area (Å²) >= 11 is 6.78. The van der Waals surface area contributed by atoms with E-state index in [0.717, 1.165) is 0 Å². The van der Waals surface area contributed by atoms with Crippen molar-refractivity contribution >= 4 is 31.9 Å². The Hall–Kier alpha value is -0.620. The van der Waals surface area contributed by atoms with Gasteiger partial charge in [-0.15, -0.1) is 0 Å². The van der Waals surface area contributed by atoms with Crippen LogP contribution in [-0.4, -0.2) is 21.0 Å².